The number of fused-ring (bicyclic) bond motifs is 1. The summed E-state index contributed by atoms with van der Waals surface area (Å²) in [6.07, 6.45) is 6.58. The highest BCUT2D eigenvalue weighted by atomic mass is 16.5. The molecule has 0 saturated carbocycles. The Labute approximate surface area is 176 Å². The van der Waals surface area contributed by atoms with Crippen LogP contribution in [0.4, 0.5) is 11.4 Å². The Kier molecular flexibility index (Phi) is 5.09. The number of aromatic nitrogens is 2. The molecule has 5 rings (SSSR count). The molecule has 1 fully saturated rings. The van der Waals surface area contributed by atoms with Crippen LogP contribution >= 0.6 is 0 Å². The Morgan fingerprint density at radius 3 is 2.90 bits per heavy atom. The van der Waals surface area contributed by atoms with Gasteiger partial charge in [-0.3, -0.25) is 4.99 Å². The van der Waals surface area contributed by atoms with Crippen molar-refractivity contribution in [2.75, 3.05) is 18.6 Å². The second kappa shape index (κ2) is 8.03. The summed E-state index contributed by atoms with van der Waals surface area (Å²) in [5, 5.41) is 4.21. The van der Waals surface area contributed by atoms with Gasteiger partial charge in [0, 0.05) is 54.7 Å². The average molecular weight is 402 g/mol. The van der Waals surface area contributed by atoms with Gasteiger partial charge in [-0.05, 0) is 56.0 Å². The highest BCUT2D eigenvalue weighted by molar-refractivity contribution is 5.78. The molecule has 0 N–H and O–H groups in total. The number of hydrogen-bond acceptors (Lipinski definition) is 6. The number of hydrogen-bond donors (Lipinski definition) is 0. The van der Waals surface area contributed by atoms with E-state index in [-0.39, 0.29) is 0 Å². The fourth-order valence-corrected chi connectivity index (χ4v) is 4.42. The van der Waals surface area contributed by atoms with Gasteiger partial charge in [-0.25, -0.2) is 0 Å². The van der Waals surface area contributed by atoms with Crippen molar-refractivity contribution in [3.05, 3.63) is 47.5 Å². The molecular weight excluding hydrogens is 376 g/mol. The minimum Gasteiger partial charge on any atom is -0.380 e. The molecule has 2 aliphatic rings. The SMILES string of the molecule is COCc1cc(-c2nc(-c3ccc4c(c3)N=CC4)no2)ccc1N1CCCCC1C. The van der Waals surface area contributed by atoms with E-state index in [1.165, 1.54) is 30.5 Å². The summed E-state index contributed by atoms with van der Waals surface area (Å²) >= 11 is 0. The lowest BCUT2D eigenvalue weighted by Gasteiger charge is -2.36. The van der Waals surface area contributed by atoms with Gasteiger partial charge in [0.25, 0.3) is 5.89 Å². The van der Waals surface area contributed by atoms with E-state index in [1.807, 2.05) is 18.3 Å². The minimum atomic E-state index is 0.518. The van der Waals surface area contributed by atoms with Crippen LogP contribution in [0.5, 0.6) is 0 Å². The van der Waals surface area contributed by atoms with Gasteiger partial charge in [-0.1, -0.05) is 17.3 Å². The summed E-state index contributed by atoms with van der Waals surface area (Å²) in [4.78, 5) is 11.6. The largest absolute Gasteiger partial charge is 0.380 e. The van der Waals surface area contributed by atoms with E-state index >= 15 is 0 Å². The Morgan fingerprint density at radius 2 is 2.03 bits per heavy atom. The van der Waals surface area contributed by atoms with Gasteiger partial charge in [0.15, 0.2) is 0 Å². The van der Waals surface area contributed by atoms with Crippen molar-refractivity contribution in [3.63, 3.8) is 0 Å². The molecule has 1 atom stereocenters. The second-order valence-electron chi connectivity index (χ2n) is 8.10. The third kappa shape index (κ3) is 3.52. The number of benzene rings is 2. The Balaban J connectivity index is 1.46. The lowest BCUT2D eigenvalue weighted by Crippen LogP contribution is -2.38. The molecule has 3 aromatic rings. The van der Waals surface area contributed by atoms with Crippen molar-refractivity contribution in [3.8, 4) is 22.8 Å². The Hall–Kier alpha value is -2.99. The predicted molar refractivity (Wildman–Crippen MR) is 118 cm³/mol. The van der Waals surface area contributed by atoms with Gasteiger partial charge in [0.05, 0.1) is 12.3 Å². The van der Waals surface area contributed by atoms with Crippen LogP contribution in [-0.2, 0) is 17.8 Å². The van der Waals surface area contributed by atoms with Gasteiger partial charge in [0.2, 0.25) is 5.82 Å². The van der Waals surface area contributed by atoms with Crippen LogP contribution in [-0.4, -0.2) is 36.1 Å². The van der Waals surface area contributed by atoms with E-state index in [9.17, 15) is 0 Å². The molecule has 30 heavy (non-hydrogen) atoms. The summed E-state index contributed by atoms with van der Waals surface area (Å²) in [5.41, 5.74) is 6.43. The summed E-state index contributed by atoms with van der Waals surface area (Å²) in [7, 11) is 1.73. The number of anilines is 1. The lowest BCUT2D eigenvalue weighted by atomic mass is 10.00. The van der Waals surface area contributed by atoms with Gasteiger partial charge in [-0.2, -0.15) is 4.98 Å². The number of piperidine rings is 1. The van der Waals surface area contributed by atoms with Crippen LogP contribution in [0, 0.1) is 0 Å². The molecule has 1 saturated heterocycles. The van der Waals surface area contributed by atoms with Crippen LogP contribution in [0.15, 0.2) is 45.9 Å². The zero-order valence-electron chi connectivity index (χ0n) is 17.5. The van der Waals surface area contributed by atoms with Crippen molar-refractivity contribution >= 4 is 17.6 Å². The zero-order valence-corrected chi connectivity index (χ0v) is 17.5. The first-order valence-electron chi connectivity index (χ1n) is 10.6. The number of aliphatic imine (C=N–C) groups is 1. The maximum atomic E-state index is 5.61. The molecule has 1 unspecified atom stereocenters. The molecule has 0 bridgehead atoms. The van der Waals surface area contributed by atoms with E-state index in [2.05, 4.69) is 51.2 Å². The van der Waals surface area contributed by atoms with Crippen molar-refractivity contribution in [2.45, 2.75) is 45.3 Å². The highest BCUT2D eigenvalue weighted by Crippen LogP contribution is 2.33. The summed E-state index contributed by atoms with van der Waals surface area (Å²) < 4.78 is 11.1. The van der Waals surface area contributed by atoms with E-state index in [4.69, 9.17) is 9.26 Å². The molecule has 6 nitrogen and oxygen atoms in total. The second-order valence-corrected chi connectivity index (χ2v) is 8.10. The fourth-order valence-electron chi connectivity index (χ4n) is 4.42. The first kappa shape index (κ1) is 19.0. The normalized spacial score (nSPS) is 18.1. The van der Waals surface area contributed by atoms with Crippen molar-refractivity contribution in [2.24, 2.45) is 4.99 Å². The molecule has 0 aliphatic carbocycles. The minimum absolute atomic E-state index is 0.518. The quantitative estimate of drug-likeness (QED) is 0.588. The van der Waals surface area contributed by atoms with E-state index < -0.39 is 0 Å². The number of methoxy groups -OCH3 is 1. The molecule has 6 heteroatoms. The van der Waals surface area contributed by atoms with E-state index in [1.54, 1.807) is 7.11 Å². The first-order chi connectivity index (χ1) is 14.7. The molecular formula is C24H26N4O2. The van der Waals surface area contributed by atoms with Crippen LogP contribution in [0.25, 0.3) is 22.8 Å². The molecule has 0 spiro atoms. The molecule has 1 aromatic heterocycles. The van der Waals surface area contributed by atoms with Gasteiger partial charge >= 0.3 is 0 Å². The summed E-state index contributed by atoms with van der Waals surface area (Å²) in [5.74, 6) is 1.10. The third-order valence-electron chi connectivity index (χ3n) is 6.05. The molecule has 2 aliphatic heterocycles. The fraction of sp³-hybridized carbons (Fsp3) is 0.375. The van der Waals surface area contributed by atoms with Crippen molar-refractivity contribution < 1.29 is 9.26 Å². The highest BCUT2D eigenvalue weighted by Gasteiger charge is 2.22. The van der Waals surface area contributed by atoms with Gasteiger partial charge in [-0.15, -0.1) is 0 Å². The van der Waals surface area contributed by atoms with Gasteiger partial charge < -0.3 is 14.2 Å². The van der Waals surface area contributed by atoms with Gasteiger partial charge in [0.1, 0.15) is 0 Å². The maximum Gasteiger partial charge on any atom is 0.258 e. The van der Waals surface area contributed by atoms with Crippen LogP contribution in [0.1, 0.15) is 37.3 Å². The van der Waals surface area contributed by atoms with Crippen molar-refractivity contribution in [1.82, 2.24) is 10.1 Å². The topological polar surface area (TPSA) is 63.8 Å². The molecule has 0 radical (unpaired) electrons. The summed E-state index contributed by atoms with van der Waals surface area (Å²) in [6, 6.07) is 13.0. The molecule has 154 valence electrons. The summed E-state index contributed by atoms with van der Waals surface area (Å²) in [6.45, 7) is 3.94. The number of ether oxygens (including phenoxy) is 1. The first-order valence-corrected chi connectivity index (χ1v) is 10.6. The third-order valence-corrected chi connectivity index (χ3v) is 6.05. The van der Waals surface area contributed by atoms with E-state index in [0.717, 1.165) is 35.3 Å². The Bertz CT molecular complexity index is 1090. The van der Waals surface area contributed by atoms with Crippen LogP contribution in [0.2, 0.25) is 0 Å². The lowest BCUT2D eigenvalue weighted by molar-refractivity contribution is 0.185. The maximum absolute atomic E-state index is 5.61. The average Bonchev–Trinajstić information content (AvgIpc) is 3.44. The van der Waals surface area contributed by atoms with E-state index in [0.29, 0.717) is 24.4 Å². The monoisotopic (exact) mass is 402 g/mol. The van der Waals surface area contributed by atoms with Crippen LogP contribution in [0.3, 0.4) is 0 Å². The molecule has 0 amide bonds. The Morgan fingerprint density at radius 1 is 1.13 bits per heavy atom. The standard InChI is InChI=1S/C24H26N4O2/c1-16-5-3-4-12-28(16)22-9-8-19(13-20(22)15-29-2)24-26-23(27-30-24)18-7-6-17-10-11-25-21(17)14-18/h6-9,11,13-14,16H,3-5,10,12,15H2,1-2H3. The van der Waals surface area contributed by atoms with Crippen LogP contribution < -0.4 is 4.90 Å². The smallest absolute Gasteiger partial charge is 0.258 e. The zero-order chi connectivity index (χ0) is 20.5. The number of nitrogens with zero attached hydrogens (tertiary/aromatic N) is 4. The number of rotatable bonds is 5. The molecule has 3 heterocycles. The van der Waals surface area contributed by atoms with Crippen molar-refractivity contribution in [1.29, 1.82) is 0 Å². The predicted octanol–water partition coefficient (Wildman–Crippen LogP) is 5.19. The molecule has 2 aromatic carbocycles.